The summed E-state index contributed by atoms with van der Waals surface area (Å²) >= 11 is 1.40. The van der Waals surface area contributed by atoms with Crippen molar-refractivity contribution in [2.24, 2.45) is 0 Å². The van der Waals surface area contributed by atoms with E-state index < -0.39 is 18.0 Å². The molecule has 2 saturated heterocycles. The van der Waals surface area contributed by atoms with Crippen molar-refractivity contribution in [1.29, 1.82) is 0 Å². The topological polar surface area (TPSA) is 95.5 Å². The molecule has 1 atom stereocenters. The van der Waals surface area contributed by atoms with E-state index in [0.29, 0.717) is 67.1 Å². The Morgan fingerprint density at radius 3 is 2.29 bits per heavy atom. The monoisotopic (exact) mass is 719 g/mol. The third kappa shape index (κ3) is 6.37. The second-order valence-electron chi connectivity index (χ2n) is 12.8. The van der Waals surface area contributed by atoms with Crippen LogP contribution in [0.25, 0.3) is 11.1 Å². The summed E-state index contributed by atoms with van der Waals surface area (Å²) in [6.07, 6.45) is -3.21. The van der Waals surface area contributed by atoms with Gasteiger partial charge in [0.2, 0.25) is 5.91 Å². The number of methoxy groups -OCH3 is 2. The van der Waals surface area contributed by atoms with Gasteiger partial charge in [-0.25, -0.2) is 4.98 Å². The maximum Gasteiger partial charge on any atom is 0.416 e. The number of rotatable bonds is 6. The van der Waals surface area contributed by atoms with Crippen LogP contribution < -0.4 is 14.4 Å². The first-order chi connectivity index (χ1) is 24.5. The number of halogens is 3. The number of piperidine rings is 1. The molecule has 266 valence electrons. The number of alkyl halides is 3. The van der Waals surface area contributed by atoms with Crippen LogP contribution in [0.4, 0.5) is 18.9 Å². The van der Waals surface area contributed by atoms with E-state index in [4.69, 9.17) is 14.5 Å². The van der Waals surface area contributed by atoms with Crippen molar-refractivity contribution in [1.82, 2.24) is 19.7 Å². The zero-order chi connectivity index (χ0) is 36.0. The number of aromatic nitrogens is 1. The van der Waals surface area contributed by atoms with Crippen molar-refractivity contribution < 1.29 is 37.0 Å². The molecule has 0 spiro atoms. The van der Waals surface area contributed by atoms with Crippen molar-refractivity contribution in [3.05, 3.63) is 93.4 Å². The average Bonchev–Trinajstić information content (AvgIpc) is 3.74. The summed E-state index contributed by atoms with van der Waals surface area (Å²) < 4.78 is 50.4. The molecule has 0 bridgehead atoms. The Bertz CT molecular complexity index is 1980. The predicted octanol–water partition coefficient (Wildman–Crippen LogP) is 6.13. The molecule has 1 unspecified atom stereocenters. The third-order valence-corrected chi connectivity index (χ3v) is 10.9. The molecule has 51 heavy (non-hydrogen) atoms. The van der Waals surface area contributed by atoms with Crippen LogP contribution in [0.3, 0.4) is 0 Å². The molecular formula is C37H36F3N5O5S. The van der Waals surface area contributed by atoms with Crippen LogP contribution in [0.1, 0.15) is 55.7 Å². The van der Waals surface area contributed by atoms with Crippen molar-refractivity contribution in [3.63, 3.8) is 0 Å². The molecule has 0 radical (unpaired) electrons. The van der Waals surface area contributed by atoms with Gasteiger partial charge in [-0.3, -0.25) is 19.3 Å². The minimum Gasteiger partial charge on any atom is -0.493 e. The predicted molar refractivity (Wildman–Crippen MR) is 185 cm³/mol. The van der Waals surface area contributed by atoms with Crippen LogP contribution in [0.2, 0.25) is 0 Å². The molecule has 1 aromatic heterocycles. The highest BCUT2D eigenvalue weighted by molar-refractivity contribution is 7.09. The van der Waals surface area contributed by atoms with E-state index in [1.54, 1.807) is 58.6 Å². The van der Waals surface area contributed by atoms with Crippen molar-refractivity contribution in [2.75, 3.05) is 52.3 Å². The summed E-state index contributed by atoms with van der Waals surface area (Å²) in [4.78, 5) is 52.5. The van der Waals surface area contributed by atoms with Gasteiger partial charge < -0.3 is 24.2 Å². The lowest BCUT2D eigenvalue weighted by Crippen LogP contribution is -2.52. The number of amides is 3. The van der Waals surface area contributed by atoms with Crippen molar-refractivity contribution in [2.45, 2.75) is 37.6 Å². The lowest BCUT2D eigenvalue weighted by atomic mass is 9.94. The molecule has 3 aliphatic rings. The van der Waals surface area contributed by atoms with Gasteiger partial charge in [0.25, 0.3) is 11.8 Å². The molecule has 3 amide bonds. The minimum atomic E-state index is -4.44. The van der Waals surface area contributed by atoms with Gasteiger partial charge in [-0.05, 0) is 60.2 Å². The Balaban J connectivity index is 1.03. The fourth-order valence-electron chi connectivity index (χ4n) is 7.23. The normalized spacial score (nSPS) is 18.0. The van der Waals surface area contributed by atoms with E-state index in [1.165, 1.54) is 23.5 Å². The lowest BCUT2D eigenvalue weighted by molar-refractivity contribution is -0.137. The molecule has 0 aliphatic carbocycles. The van der Waals surface area contributed by atoms with Crippen LogP contribution in [-0.2, 0) is 17.4 Å². The van der Waals surface area contributed by atoms with Gasteiger partial charge >= 0.3 is 6.18 Å². The number of likely N-dealkylation sites (tertiary alicyclic amines) is 1. The zero-order valence-electron chi connectivity index (χ0n) is 28.3. The lowest BCUT2D eigenvalue weighted by Gasteiger charge is -2.36. The summed E-state index contributed by atoms with van der Waals surface area (Å²) in [6.45, 7) is 1.31. The van der Waals surface area contributed by atoms with E-state index in [0.717, 1.165) is 28.4 Å². The molecule has 14 heteroatoms. The number of anilines is 1. The van der Waals surface area contributed by atoms with Gasteiger partial charge in [-0.1, -0.05) is 30.3 Å². The number of benzene rings is 3. The molecule has 4 heterocycles. The third-order valence-electron chi connectivity index (χ3n) is 9.93. The fourth-order valence-corrected chi connectivity index (χ4v) is 8.20. The summed E-state index contributed by atoms with van der Waals surface area (Å²) in [7, 11) is 5.00. The van der Waals surface area contributed by atoms with E-state index in [2.05, 4.69) is 0 Å². The first-order valence-corrected chi connectivity index (χ1v) is 17.5. The summed E-state index contributed by atoms with van der Waals surface area (Å²) in [6, 6.07) is 15.5. The summed E-state index contributed by atoms with van der Waals surface area (Å²) in [5.74, 6) is 0.531. The highest BCUT2D eigenvalue weighted by atomic mass is 32.1. The first-order valence-electron chi connectivity index (χ1n) is 16.6. The largest absolute Gasteiger partial charge is 0.493 e. The molecule has 4 aromatic rings. The highest BCUT2D eigenvalue weighted by Gasteiger charge is 2.45. The maximum atomic E-state index is 14.0. The number of carbonyl (C=O) groups is 3. The first kappa shape index (κ1) is 34.3. The number of thiazole rings is 1. The van der Waals surface area contributed by atoms with Crippen LogP contribution in [0.5, 0.6) is 11.5 Å². The molecule has 2 fully saturated rings. The highest BCUT2D eigenvalue weighted by Crippen LogP contribution is 2.40. The van der Waals surface area contributed by atoms with Gasteiger partial charge in [0.1, 0.15) is 12.2 Å². The number of carbonyl (C=O) groups excluding carboxylic acids is 3. The summed E-state index contributed by atoms with van der Waals surface area (Å²) in [5.41, 5.74) is 2.88. The molecule has 3 aromatic carbocycles. The maximum absolute atomic E-state index is 14.0. The van der Waals surface area contributed by atoms with Crippen LogP contribution in [-0.4, -0.2) is 91.1 Å². The number of hydrogen-bond donors (Lipinski definition) is 0. The van der Waals surface area contributed by atoms with E-state index in [9.17, 15) is 27.6 Å². The smallest absolute Gasteiger partial charge is 0.416 e. The quantitative estimate of drug-likeness (QED) is 0.237. The summed E-state index contributed by atoms with van der Waals surface area (Å²) in [5, 5.41) is 2.54. The minimum absolute atomic E-state index is 0.0392. The van der Waals surface area contributed by atoms with Crippen LogP contribution in [0.15, 0.2) is 66.0 Å². The SMILES string of the molecule is COc1cc2c(cc1OC)N(C)C1N(CC2)C(=O)CN1C(=O)c1csc(C2CCN(C(=O)c3ccccc3-c3ccc(C(F)(F)F)cc3)CC2)n1. The van der Waals surface area contributed by atoms with E-state index >= 15 is 0 Å². The Morgan fingerprint density at radius 2 is 1.61 bits per heavy atom. The number of nitrogens with zero attached hydrogens (tertiary/aromatic N) is 5. The second kappa shape index (κ2) is 13.5. The van der Waals surface area contributed by atoms with Crippen molar-refractivity contribution in [3.8, 4) is 22.6 Å². The fraction of sp³-hybridized carbons (Fsp3) is 0.351. The van der Waals surface area contributed by atoms with Gasteiger partial charge in [0.05, 0.1) is 24.8 Å². The van der Waals surface area contributed by atoms with E-state index in [1.807, 2.05) is 24.1 Å². The van der Waals surface area contributed by atoms with Crippen molar-refractivity contribution >= 4 is 34.7 Å². The Labute approximate surface area is 297 Å². The van der Waals surface area contributed by atoms with Gasteiger partial charge in [0.15, 0.2) is 17.8 Å². The van der Waals surface area contributed by atoms with E-state index in [-0.39, 0.29) is 35.9 Å². The standard InChI is InChI=1S/C37H36F3N5O5S/c1-42-29-19-31(50-3)30(49-2)18-24(29)14-17-44-32(46)20-45(36(42)44)35(48)28-21-51-33(41-28)23-12-15-43(16-13-23)34(47)27-7-5-4-6-26(27)22-8-10-25(11-9-22)37(38,39)40/h4-11,18-19,21,23,36H,12-17,20H2,1-3H3. The molecular weight excluding hydrogens is 683 g/mol. The van der Waals surface area contributed by atoms with Gasteiger partial charge in [-0.15, -0.1) is 11.3 Å². The molecule has 0 N–H and O–H groups in total. The Hall–Kier alpha value is -5.11. The van der Waals surface area contributed by atoms with Crippen LogP contribution in [0, 0.1) is 0 Å². The van der Waals surface area contributed by atoms with Gasteiger partial charge in [-0.2, -0.15) is 13.2 Å². The number of fused-ring (bicyclic) bond motifs is 2. The zero-order valence-corrected chi connectivity index (χ0v) is 29.1. The number of ether oxygens (including phenoxy) is 2. The Kier molecular flexibility index (Phi) is 9.12. The molecule has 0 saturated carbocycles. The molecule has 10 nitrogen and oxygen atoms in total. The molecule has 3 aliphatic heterocycles. The van der Waals surface area contributed by atoms with Crippen LogP contribution >= 0.6 is 11.3 Å². The Morgan fingerprint density at radius 1 is 0.922 bits per heavy atom. The number of hydrogen-bond acceptors (Lipinski definition) is 8. The van der Waals surface area contributed by atoms with Gasteiger partial charge in [0, 0.05) is 55.3 Å². The second-order valence-corrected chi connectivity index (χ2v) is 13.7. The molecule has 7 rings (SSSR count). The average molecular weight is 720 g/mol.